The van der Waals surface area contributed by atoms with E-state index in [0.29, 0.717) is 23.6 Å². The molecule has 0 radical (unpaired) electrons. The molecule has 0 atom stereocenters. The van der Waals surface area contributed by atoms with Crippen LogP contribution in [-0.4, -0.2) is 17.5 Å². The molecular formula is C15H13N3O2. The molecule has 2 aromatic rings. The average Bonchev–Trinajstić information content (AvgIpc) is 2.49. The summed E-state index contributed by atoms with van der Waals surface area (Å²) < 4.78 is 5.43. The smallest absolute Gasteiger partial charge is 0.274 e. The van der Waals surface area contributed by atoms with Crippen molar-refractivity contribution in [2.45, 2.75) is 6.92 Å². The first-order valence-corrected chi connectivity index (χ1v) is 6.14. The Bertz CT molecular complexity index is 645. The van der Waals surface area contributed by atoms with Gasteiger partial charge in [0.25, 0.3) is 5.91 Å². The molecule has 20 heavy (non-hydrogen) atoms. The van der Waals surface area contributed by atoms with E-state index >= 15 is 0 Å². The van der Waals surface area contributed by atoms with Gasteiger partial charge in [0.15, 0.2) is 0 Å². The van der Waals surface area contributed by atoms with Crippen LogP contribution < -0.4 is 10.1 Å². The van der Waals surface area contributed by atoms with Crippen molar-refractivity contribution in [1.29, 1.82) is 5.26 Å². The number of hydrogen-bond donors (Lipinski definition) is 1. The molecule has 1 heterocycles. The number of carbonyl (C=O) groups is 1. The molecule has 5 nitrogen and oxygen atoms in total. The number of anilines is 1. The van der Waals surface area contributed by atoms with Crippen LogP contribution in [0.1, 0.15) is 23.0 Å². The number of hydrogen-bond acceptors (Lipinski definition) is 4. The lowest BCUT2D eigenvalue weighted by Crippen LogP contribution is -2.14. The maximum Gasteiger partial charge on any atom is 0.274 e. The standard InChI is InChI=1S/C15H13N3O2/c1-2-20-14-6-4-3-5-12(14)18-15(19)13-8-7-11(9-16)10-17-13/h3-8,10H,2H2,1H3,(H,18,19). The monoisotopic (exact) mass is 267 g/mol. The predicted molar refractivity (Wildman–Crippen MR) is 74.5 cm³/mol. The van der Waals surface area contributed by atoms with Crippen LogP contribution in [0.15, 0.2) is 42.6 Å². The number of benzene rings is 1. The Morgan fingerprint density at radius 2 is 2.15 bits per heavy atom. The summed E-state index contributed by atoms with van der Waals surface area (Å²) in [5.74, 6) is 0.263. The number of nitrogens with zero attached hydrogens (tertiary/aromatic N) is 2. The van der Waals surface area contributed by atoms with E-state index in [-0.39, 0.29) is 11.6 Å². The first kappa shape index (κ1) is 13.6. The molecule has 0 spiro atoms. The Morgan fingerprint density at radius 1 is 1.35 bits per heavy atom. The van der Waals surface area contributed by atoms with Crippen molar-refractivity contribution in [3.05, 3.63) is 53.9 Å². The zero-order valence-corrected chi connectivity index (χ0v) is 11.0. The van der Waals surface area contributed by atoms with Gasteiger partial charge in [-0.15, -0.1) is 0 Å². The zero-order chi connectivity index (χ0) is 14.4. The van der Waals surface area contributed by atoms with Crippen molar-refractivity contribution < 1.29 is 9.53 Å². The molecule has 100 valence electrons. The van der Waals surface area contributed by atoms with Crippen LogP contribution in [0.2, 0.25) is 0 Å². The molecule has 5 heteroatoms. The van der Waals surface area contributed by atoms with Gasteiger partial charge in [0.1, 0.15) is 17.5 Å². The summed E-state index contributed by atoms with van der Waals surface area (Å²) in [4.78, 5) is 16.0. The number of carbonyl (C=O) groups excluding carboxylic acids is 1. The molecule has 0 bridgehead atoms. The SMILES string of the molecule is CCOc1ccccc1NC(=O)c1ccc(C#N)cn1. The highest BCUT2D eigenvalue weighted by atomic mass is 16.5. The Hall–Kier alpha value is -2.87. The Morgan fingerprint density at radius 3 is 2.80 bits per heavy atom. The summed E-state index contributed by atoms with van der Waals surface area (Å²) in [6, 6.07) is 12.2. The van der Waals surface area contributed by atoms with Crippen LogP contribution in [0.5, 0.6) is 5.75 Å². The first-order valence-electron chi connectivity index (χ1n) is 6.14. The number of pyridine rings is 1. The molecule has 1 aromatic carbocycles. The van der Waals surface area contributed by atoms with Gasteiger partial charge < -0.3 is 10.1 Å². The van der Waals surface area contributed by atoms with E-state index in [1.165, 1.54) is 12.3 Å². The van der Waals surface area contributed by atoms with Gasteiger partial charge in [0, 0.05) is 6.20 Å². The molecular weight excluding hydrogens is 254 g/mol. The fourth-order valence-corrected chi connectivity index (χ4v) is 1.63. The molecule has 0 aliphatic heterocycles. The highest BCUT2D eigenvalue weighted by Crippen LogP contribution is 2.24. The second-order valence-electron chi connectivity index (χ2n) is 3.93. The molecule has 0 aliphatic carbocycles. The van der Waals surface area contributed by atoms with E-state index < -0.39 is 0 Å². The summed E-state index contributed by atoms with van der Waals surface area (Å²) in [7, 11) is 0. The maximum atomic E-state index is 12.1. The minimum Gasteiger partial charge on any atom is -0.492 e. The third kappa shape index (κ3) is 3.12. The van der Waals surface area contributed by atoms with Gasteiger partial charge in [-0.05, 0) is 31.2 Å². The van der Waals surface area contributed by atoms with Crippen molar-refractivity contribution in [3.8, 4) is 11.8 Å². The van der Waals surface area contributed by atoms with E-state index in [9.17, 15) is 4.79 Å². The van der Waals surface area contributed by atoms with E-state index in [1.54, 1.807) is 18.2 Å². The minimum atomic E-state index is -0.346. The Labute approximate surface area is 116 Å². The number of rotatable bonds is 4. The molecule has 0 saturated heterocycles. The second kappa shape index (κ2) is 6.34. The van der Waals surface area contributed by atoms with Crippen molar-refractivity contribution in [2.24, 2.45) is 0 Å². The third-order valence-corrected chi connectivity index (χ3v) is 2.56. The van der Waals surface area contributed by atoms with Crippen molar-refractivity contribution >= 4 is 11.6 Å². The second-order valence-corrected chi connectivity index (χ2v) is 3.93. The van der Waals surface area contributed by atoms with Crippen molar-refractivity contribution in [3.63, 3.8) is 0 Å². The Kier molecular flexibility index (Phi) is 4.30. The summed E-state index contributed by atoms with van der Waals surface area (Å²) in [6.45, 7) is 2.39. The van der Waals surface area contributed by atoms with Crippen LogP contribution in [0, 0.1) is 11.3 Å². The Balaban J connectivity index is 2.17. The highest BCUT2D eigenvalue weighted by Gasteiger charge is 2.10. The van der Waals surface area contributed by atoms with Crippen LogP contribution in [0.25, 0.3) is 0 Å². The highest BCUT2D eigenvalue weighted by molar-refractivity contribution is 6.03. The summed E-state index contributed by atoms with van der Waals surface area (Å²) in [5, 5.41) is 11.4. The average molecular weight is 267 g/mol. The van der Waals surface area contributed by atoms with Crippen LogP contribution in [-0.2, 0) is 0 Å². The fourth-order valence-electron chi connectivity index (χ4n) is 1.63. The van der Waals surface area contributed by atoms with Gasteiger partial charge in [0.2, 0.25) is 0 Å². The van der Waals surface area contributed by atoms with E-state index in [2.05, 4.69) is 10.3 Å². The predicted octanol–water partition coefficient (Wildman–Crippen LogP) is 2.60. The number of nitriles is 1. The summed E-state index contributed by atoms with van der Waals surface area (Å²) in [6.07, 6.45) is 1.36. The molecule has 0 unspecified atom stereocenters. The molecule has 1 N–H and O–H groups in total. The molecule has 0 saturated carbocycles. The fraction of sp³-hybridized carbons (Fsp3) is 0.133. The quantitative estimate of drug-likeness (QED) is 0.923. The number of aromatic nitrogens is 1. The van der Waals surface area contributed by atoms with E-state index in [0.717, 1.165) is 0 Å². The molecule has 1 aromatic heterocycles. The van der Waals surface area contributed by atoms with Crippen LogP contribution >= 0.6 is 0 Å². The first-order chi connectivity index (χ1) is 9.74. The van der Waals surface area contributed by atoms with Crippen LogP contribution in [0.4, 0.5) is 5.69 Å². The van der Waals surface area contributed by atoms with Crippen molar-refractivity contribution in [2.75, 3.05) is 11.9 Å². The lowest BCUT2D eigenvalue weighted by molar-refractivity contribution is 0.102. The third-order valence-electron chi connectivity index (χ3n) is 2.56. The maximum absolute atomic E-state index is 12.1. The van der Waals surface area contributed by atoms with Gasteiger partial charge in [-0.2, -0.15) is 5.26 Å². The lowest BCUT2D eigenvalue weighted by Gasteiger charge is -2.10. The van der Waals surface area contributed by atoms with Gasteiger partial charge in [-0.3, -0.25) is 4.79 Å². The van der Waals surface area contributed by atoms with Gasteiger partial charge in [-0.1, -0.05) is 12.1 Å². The number of ether oxygens (including phenoxy) is 1. The van der Waals surface area contributed by atoms with E-state index in [4.69, 9.17) is 10.00 Å². The topological polar surface area (TPSA) is 75.0 Å². The van der Waals surface area contributed by atoms with Crippen LogP contribution in [0.3, 0.4) is 0 Å². The zero-order valence-electron chi connectivity index (χ0n) is 11.0. The number of nitrogens with one attached hydrogen (secondary N) is 1. The lowest BCUT2D eigenvalue weighted by atomic mass is 10.2. The summed E-state index contributed by atoms with van der Waals surface area (Å²) in [5.41, 5.74) is 1.25. The molecule has 0 aliphatic rings. The summed E-state index contributed by atoms with van der Waals surface area (Å²) >= 11 is 0. The normalized spacial score (nSPS) is 9.60. The number of amides is 1. The molecule has 2 rings (SSSR count). The van der Waals surface area contributed by atoms with E-state index in [1.807, 2.05) is 25.1 Å². The van der Waals surface area contributed by atoms with Gasteiger partial charge in [-0.25, -0.2) is 4.98 Å². The number of para-hydroxylation sites is 2. The largest absolute Gasteiger partial charge is 0.492 e. The van der Waals surface area contributed by atoms with Gasteiger partial charge >= 0.3 is 0 Å². The van der Waals surface area contributed by atoms with Crippen molar-refractivity contribution in [1.82, 2.24) is 4.98 Å². The minimum absolute atomic E-state index is 0.246. The van der Waals surface area contributed by atoms with Gasteiger partial charge in [0.05, 0.1) is 17.9 Å². The molecule has 0 fully saturated rings. The molecule has 1 amide bonds.